The van der Waals surface area contributed by atoms with E-state index in [0.717, 1.165) is 28.8 Å². The fourth-order valence-electron chi connectivity index (χ4n) is 2.76. The number of carbonyl (C=O) groups excluding carboxylic acids is 2. The van der Waals surface area contributed by atoms with Gasteiger partial charge in [-0.3, -0.25) is 4.79 Å². The number of rotatable bonds is 8. The van der Waals surface area contributed by atoms with Gasteiger partial charge in [-0.25, -0.2) is 0 Å². The average Bonchev–Trinajstić information content (AvgIpc) is 2.58. The summed E-state index contributed by atoms with van der Waals surface area (Å²) in [6, 6.07) is 14.7. The predicted molar refractivity (Wildman–Crippen MR) is 94.9 cm³/mol. The molecule has 132 valence electrons. The molecule has 2 aromatic rings. The maximum atomic E-state index is 12.2. The van der Waals surface area contributed by atoms with E-state index in [1.807, 2.05) is 62.4 Å². The Morgan fingerprint density at radius 3 is 2.28 bits per heavy atom. The lowest BCUT2D eigenvalue weighted by atomic mass is 10.1. The van der Waals surface area contributed by atoms with Gasteiger partial charge in [0.1, 0.15) is 6.04 Å². The summed E-state index contributed by atoms with van der Waals surface area (Å²) in [5.41, 5.74) is 3.78. The van der Waals surface area contributed by atoms with E-state index in [0.29, 0.717) is 6.54 Å². The Balaban J connectivity index is 1.90. The molecule has 0 saturated carbocycles. The fraction of sp³-hybridized carbons (Fsp3) is 0.300. The smallest absolute Gasteiger partial charge is 0.230 e. The molecule has 1 amide bonds. The summed E-state index contributed by atoms with van der Waals surface area (Å²) in [5, 5.41) is 15.8. The first-order valence-electron chi connectivity index (χ1n) is 8.41. The Morgan fingerprint density at radius 1 is 1.04 bits per heavy atom. The van der Waals surface area contributed by atoms with Crippen molar-refractivity contribution in [3.8, 4) is 0 Å². The van der Waals surface area contributed by atoms with Gasteiger partial charge in [0.2, 0.25) is 5.91 Å². The predicted octanol–water partition coefficient (Wildman–Crippen LogP) is 0.557. The molecule has 3 N–H and O–H groups in total. The monoisotopic (exact) mass is 340 g/mol. The van der Waals surface area contributed by atoms with Crippen molar-refractivity contribution in [1.29, 1.82) is 0 Å². The van der Waals surface area contributed by atoms with Crippen LogP contribution in [0.2, 0.25) is 0 Å². The molecule has 0 aromatic heterocycles. The maximum absolute atomic E-state index is 12.2. The molecule has 2 aromatic carbocycles. The number of carboxylic acids is 1. The van der Waals surface area contributed by atoms with Crippen LogP contribution < -0.4 is 15.7 Å². The highest BCUT2D eigenvalue weighted by Crippen LogP contribution is 2.19. The number of para-hydroxylation sites is 1. The molecule has 0 unspecified atom stereocenters. The number of aryl methyl sites for hydroxylation is 2. The Labute approximate surface area is 148 Å². The van der Waals surface area contributed by atoms with Crippen LogP contribution in [0.5, 0.6) is 0 Å². The lowest BCUT2D eigenvalue weighted by molar-refractivity contribution is -0.682. The van der Waals surface area contributed by atoms with Crippen LogP contribution >= 0.6 is 0 Å². The summed E-state index contributed by atoms with van der Waals surface area (Å²) in [4.78, 5) is 23.6. The first-order valence-corrected chi connectivity index (χ1v) is 8.41. The highest BCUT2D eigenvalue weighted by atomic mass is 16.4. The van der Waals surface area contributed by atoms with E-state index in [1.165, 1.54) is 0 Å². The van der Waals surface area contributed by atoms with E-state index in [2.05, 4.69) is 5.32 Å². The quantitative estimate of drug-likeness (QED) is 0.736. The van der Waals surface area contributed by atoms with Gasteiger partial charge >= 0.3 is 0 Å². The van der Waals surface area contributed by atoms with Crippen molar-refractivity contribution in [1.82, 2.24) is 0 Å². The number of nitrogens with one attached hydrogen (secondary N) is 1. The van der Waals surface area contributed by atoms with Crippen molar-refractivity contribution in [2.75, 3.05) is 11.9 Å². The lowest BCUT2D eigenvalue weighted by Crippen LogP contribution is -2.93. The maximum Gasteiger partial charge on any atom is 0.230 e. The molecule has 0 aliphatic heterocycles. The summed E-state index contributed by atoms with van der Waals surface area (Å²) in [7, 11) is 0. The minimum Gasteiger partial charge on any atom is -0.544 e. The molecule has 0 bridgehead atoms. The number of carboxylic acid groups (broad SMARTS) is 1. The van der Waals surface area contributed by atoms with Gasteiger partial charge in [-0.1, -0.05) is 48.5 Å². The second-order valence-corrected chi connectivity index (χ2v) is 6.20. The first-order chi connectivity index (χ1) is 12.0. The van der Waals surface area contributed by atoms with E-state index in [9.17, 15) is 14.7 Å². The van der Waals surface area contributed by atoms with E-state index in [-0.39, 0.29) is 12.3 Å². The summed E-state index contributed by atoms with van der Waals surface area (Å²) >= 11 is 0. The molecule has 0 aliphatic carbocycles. The highest BCUT2D eigenvalue weighted by molar-refractivity contribution is 5.94. The Hall–Kier alpha value is -2.66. The van der Waals surface area contributed by atoms with Gasteiger partial charge in [0, 0.05) is 12.1 Å². The van der Waals surface area contributed by atoms with E-state index in [1.54, 1.807) is 5.32 Å². The van der Waals surface area contributed by atoms with Crippen LogP contribution in [0.4, 0.5) is 5.69 Å². The number of nitrogens with two attached hydrogens (primary N) is 1. The normalized spacial score (nSPS) is 11.8. The zero-order valence-electron chi connectivity index (χ0n) is 14.6. The molecule has 0 radical (unpaired) electrons. The number of hydrogen-bond acceptors (Lipinski definition) is 3. The molecular formula is C20H24N2O3. The fourth-order valence-corrected chi connectivity index (χ4v) is 2.76. The van der Waals surface area contributed by atoms with Crippen molar-refractivity contribution in [2.45, 2.75) is 32.7 Å². The molecular weight excluding hydrogens is 316 g/mol. The van der Waals surface area contributed by atoms with Gasteiger partial charge in [-0.2, -0.15) is 0 Å². The van der Waals surface area contributed by atoms with Crippen LogP contribution in [0, 0.1) is 13.8 Å². The van der Waals surface area contributed by atoms with Crippen molar-refractivity contribution in [2.24, 2.45) is 0 Å². The van der Waals surface area contributed by atoms with Gasteiger partial charge in [0.25, 0.3) is 0 Å². The molecule has 2 rings (SSSR count). The van der Waals surface area contributed by atoms with E-state index in [4.69, 9.17) is 0 Å². The molecule has 0 fully saturated rings. The summed E-state index contributed by atoms with van der Waals surface area (Å²) in [5.74, 6) is -1.53. The molecule has 5 nitrogen and oxygen atoms in total. The number of anilines is 1. The standard InChI is InChI=1S/C20H24N2O3/c1-14-7-6-8-15(2)19(14)22-18(23)13-17(20(24)25)21-12-11-16-9-4-3-5-10-16/h3-10,17,21H,11-13H2,1-2H3,(H,22,23)(H,24,25)/t17-/m1/s1. The molecule has 0 aliphatic rings. The van der Waals surface area contributed by atoms with Crippen LogP contribution in [0.3, 0.4) is 0 Å². The third kappa shape index (κ3) is 5.72. The van der Waals surface area contributed by atoms with Crippen molar-refractivity contribution in [3.05, 3.63) is 65.2 Å². The minimum absolute atomic E-state index is 0.120. The van der Waals surface area contributed by atoms with Crippen LogP contribution in [0.1, 0.15) is 23.1 Å². The zero-order chi connectivity index (χ0) is 18.2. The first kappa shape index (κ1) is 18.7. The average molecular weight is 340 g/mol. The number of amides is 1. The van der Waals surface area contributed by atoms with Gasteiger partial charge in [-0.15, -0.1) is 0 Å². The molecule has 0 heterocycles. The largest absolute Gasteiger partial charge is 0.544 e. The molecule has 0 saturated heterocycles. The zero-order valence-corrected chi connectivity index (χ0v) is 14.6. The molecule has 1 atom stereocenters. The number of benzene rings is 2. The molecule has 25 heavy (non-hydrogen) atoms. The van der Waals surface area contributed by atoms with Crippen LogP contribution in [0.25, 0.3) is 0 Å². The van der Waals surface area contributed by atoms with E-state index >= 15 is 0 Å². The third-order valence-electron chi connectivity index (χ3n) is 4.18. The number of hydrogen-bond donors (Lipinski definition) is 2. The van der Waals surface area contributed by atoms with Crippen LogP contribution in [-0.4, -0.2) is 24.5 Å². The number of aliphatic carboxylic acids is 1. The second kappa shape index (κ2) is 8.99. The van der Waals surface area contributed by atoms with E-state index < -0.39 is 12.0 Å². The van der Waals surface area contributed by atoms with Crippen molar-refractivity contribution in [3.63, 3.8) is 0 Å². The Bertz CT molecular complexity index is 709. The Morgan fingerprint density at radius 2 is 1.68 bits per heavy atom. The SMILES string of the molecule is Cc1cccc(C)c1NC(=O)C[C@@H]([NH2+]CCc1ccccc1)C(=O)[O-]. The molecule has 0 spiro atoms. The number of quaternary nitrogens is 1. The highest BCUT2D eigenvalue weighted by Gasteiger charge is 2.19. The summed E-state index contributed by atoms with van der Waals surface area (Å²) < 4.78 is 0. The van der Waals surface area contributed by atoms with Crippen molar-refractivity contribution >= 4 is 17.6 Å². The van der Waals surface area contributed by atoms with Crippen molar-refractivity contribution < 1.29 is 20.0 Å². The van der Waals surface area contributed by atoms with Gasteiger partial charge < -0.3 is 20.5 Å². The third-order valence-corrected chi connectivity index (χ3v) is 4.18. The number of carbonyl (C=O) groups is 2. The Kier molecular flexibility index (Phi) is 6.71. The summed E-state index contributed by atoms with van der Waals surface area (Å²) in [6.07, 6.45) is 0.619. The lowest BCUT2D eigenvalue weighted by Gasteiger charge is -2.17. The van der Waals surface area contributed by atoms with Gasteiger partial charge in [0.15, 0.2) is 0 Å². The van der Waals surface area contributed by atoms with Gasteiger partial charge in [-0.05, 0) is 30.5 Å². The van der Waals surface area contributed by atoms with Crippen LogP contribution in [0.15, 0.2) is 48.5 Å². The topological polar surface area (TPSA) is 85.8 Å². The van der Waals surface area contributed by atoms with Gasteiger partial charge in [0.05, 0.1) is 18.9 Å². The summed E-state index contributed by atoms with van der Waals surface area (Å²) in [6.45, 7) is 4.40. The minimum atomic E-state index is -1.22. The molecule has 5 heteroatoms. The second-order valence-electron chi connectivity index (χ2n) is 6.20. The van der Waals surface area contributed by atoms with Crippen LogP contribution in [-0.2, 0) is 16.0 Å².